The van der Waals surface area contributed by atoms with Crippen LogP contribution in [-0.2, 0) is 0 Å². The molecule has 3 rings (SSSR count). The van der Waals surface area contributed by atoms with Crippen molar-refractivity contribution in [3.8, 4) is 5.69 Å². The summed E-state index contributed by atoms with van der Waals surface area (Å²) in [7, 11) is 0. The fourth-order valence-corrected chi connectivity index (χ4v) is 2.44. The highest BCUT2D eigenvalue weighted by molar-refractivity contribution is 5.47. The Bertz CT molecular complexity index is 630. The minimum atomic E-state index is -0.138. The van der Waals surface area contributed by atoms with E-state index in [9.17, 15) is 4.79 Å². The van der Waals surface area contributed by atoms with Gasteiger partial charge in [-0.1, -0.05) is 18.2 Å². The number of anilines is 2. The zero-order chi connectivity index (χ0) is 13.2. The van der Waals surface area contributed by atoms with Crippen LogP contribution in [0.1, 0.15) is 12.8 Å². The second-order valence-electron chi connectivity index (χ2n) is 4.68. The molecular weight excluding hydrogens is 240 g/mol. The van der Waals surface area contributed by atoms with E-state index in [4.69, 9.17) is 5.73 Å². The molecule has 5 heteroatoms. The first-order valence-electron chi connectivity index (χ1n) is 6.45. The summed E-state index contributed by atoms with van der Waals surface area (Å²) in [5.74, 6) is 0.924. The summed E-state index contributed by atoms with van der Waals surface area (Å²) in [6.45, 7) is 1.84. The molecule has 0 spiro atoms. The lowest BCUT2D eigenvalue weighted by molar-refractivity contribution is 0.830. The lowest BCUT2D eigenvalue weighted by atomic mass is 10.3. The standard InChI is InChI=1S/C14H16N4O/c15-12-10-13(19)18(11-6-2-1-3-7-11)14(16-12)17-8-4-5-9-17/h1-3,6-7,10H,4-5,8-9,15H2. The summed E-state index contributed by atoms with van der Waals surface area (Å²) in [5.41, 5.74) is 6.41. The van der Waals surface area contributed by atoms with Crippen molar-refractivity contribution in [1.82, 2.24) is 9.55 Å². The smallest absolute Gasteiger partial charge is 0.261 e. The molecule has 0 amide bonds. The maximum atomic E-state index is 12.2. The van der Waals surface area contributed by atoms with Gasteiger partial charge in [-0.2, -0.15) is 4.98 Å². The predicted molar refractivity (Wildman–Crippen MR) is 75.7 cm³/mol. The summed E-state index contributed by atoms with van der Waals surface area (Å²) in [6, 6.07) is 10.9. The lowest BCUT2D eigenvalue weighted by Gasteiger charge is -2.21. The van der Waals surface area contributed by atoms with E-state index in [1.54, 1.807) is 4.57 Å². The van der Waals surface area contributed by atoms with Crippen molar-refractivity contribution in [2.24, 2.45) is 0 Å². The van der Waals surface area contributed by atoms with E-state index in [-0.39, 0.29) is 11.4 Å². The molecule has 0 saturated carbocycles. The van der Waals surface area contributed by atoms with Gasteiger partial charge in [-0.25, -0.2) is 4.57 Å². The molecule has 1 aromatic heterocycles. The van der Waals surface area contributed by atoms with Crippen LogP contribution in [0.25, 0.3) is 5.69 Å². The van der Waals surface area contributed by atoms with Crippen LogP contribution in [0.15, 0.2) is 41.2 Å². The summed E-state index contributed by atoms with van der Waals surface area (Å²) in [6.07, 6.45) is 2.25. The van der Waals surface area contributed by atoms with Crippen molar-refractivity contribution in [1.29, 1.82) is 0 Å². The first kappa shape index (κ1) is 11.8. The number of hydrogen-bond donors (Lipinski definition) is 1. The lowest BCUT2D eigenvalue weighted by Crippen LogP contribution is -2.30. The minimum Gasteiger partial charge on any atom is -0.383 e. The first-order valence-corrected chi connectivity index (χ1v) is 6.45. The minimum absolute atomic E-state index is 0.138. The molecule has 0 radical (unpaired) electrons. The number of nitrogens with zero attached hydrogens (tertiary/aromatic N) is 3. The molecule has 1 aliphatic heterocycles. The number of nitrogens with two attached hydrogens (primary N) is 1. The normalized spacial score (nSPS) is 14.8. The van der Waals surface area contributed by atoms with Crippen molar-refractivity contribution < 1.29 is 0 Å². The van der Waals surface area contributed by atoms with Gasteiger partial charge in [0.05, 0.1) is 5.69 Å². The van der Waals surface area contributed by atoms with Gasteiger partial charge in [0.1, 0.15) is 5.82 Å². The zero-order valence-electron chi connectivity index (χ0n) is 10.6. The van der Waals surface area contributed by atoms with E-state index in [0.717, 1.165) is 31.6 Å². The van der Waals surface area contributed by atoms with Gasteiger partial charge >= 0.3 is 0 Å². The Labute approximate surface area is 111 Å². The molecular formula is C14H16N4O. The molecule has 1 fully saturated rings. The van der Waals surface area contributed by atoms with Gasteiger partial charge in [0.15, 0.2) is 0 Å². The molecule has 0 aliphatic carbocycles. The molecule has 98 valence electrons. The Hall–Kier alpha value is -2.30. The van der Waals surface area contributed by atoms with Crippen LogP contribution in [-0.4, -0.2) is 22.6 Å². The molecule has 5 nitrogen and oxygen atoms in total. The Balaban J connectivity index is 2.19. The second kappa shape index (κ2) is 4.76. The molecule has 1 aromatic carbocycles. The number of para-hydroxylation sites is 1. The van der Waals surface area contributed by atoms with Crippen LogP contribution < -0.4 is 16.2 Å². The van der Waals surface area contributed by atoms with Crippen molar-refractivity contribution in [3.05, 3.63) is 46.8 Å². The third-order valence-electron chi connectivity index (χ3n) is 3.32. The number of benzene rings is 1. The van der Waals surface area contributed by atoms with E-state index in [0.29, 0.717) is 5.95 Å². The number of aromatic nitrogens is 2. The molecule has 0 atom stereocenters. The largest absolute Gasteiger partial charge is 0.383 e. The quantitative estimate of drug-likeness (QED) is 0.882. The Morgan fingerprint density at radius 1 is 1.11 bits per heavy atom. The number of hydrogen-bond acceptors (Lipinski definition) is 4. The molecule has 19 heavy (non-hydrogen) atoms. The summed E-state index contributed by atoms with van der Waals surface area (Å²) >= 11 is 0. The fourth-order valence-electron chi connectivity index (χ4n) is 2.44. The summed E-state index contributed by atoms with van der Waals surface area (Å²) < 4.78 is 1.63. The monoisotopic (exact) mass is 256 g/mol. The molecule has 2 N–H and O–H groups in total. The average molecular weight is 256 g/mol. The van der Waals surface area contributed by atoms with Crippen LogP contribution in [0, 0.1) is 0 Å². The van der Waals surface area contributed by atoms with Crippen LogP contribution in [0.3, 0.4) is 0 Å². The predicted octanol–water partition coefficient (Wildman–Crippen LogP) is 1.41. The van der Waals surface area contributed by atoms with Gasteiger partial charge in [0.2, 0.25) is 5.95 Å². The summed E-state index contributed by atoms with van der Waals surface area (Å²) in [4.78, 5) is 18.7. The van der Waals surface area contributed by atoms with Crippen LogP contribution in [0.5, 0.6) is 0 Å². The van der Waals surface area contributed by atoms with Crippen molar-refractivity contribution in [2.75, 3.05) is 23.7 Å². The van der Waals surface area contributed by atoms with Gasteiger partial charge in [-0.15, -0.1) is 0 Å². The Kier molecular flexibility index (Phi) is 2.95. The topological polar surface area (TPSA) is 64.2 Å². The van der Waals surface area contributed by atoms with Crippen molar-refractivity contribution >= 4 is 11.8 Å². The maximum absolute atomic E-state index is 12.2. The molecule has 2 heterocycles. The van der Waals surface area contributed by atoms with Crippen LogP contribution >= 0.6 is 0 Å². The molecule has 0 bridgehead atoms. The van der Waals surface area contributed by atoms with E-state index < -0.39 is 0 Å². The highest BCUT2D eigenvalue weighted by atomic mass is 16.1. The molecule has 0 unspecified atom stereocenters. The highest BCUT2D eigenvalue weighted by Crippen LogP contribution is 2.20. The van der Waals surface area contributed by atoms with Crippen LogP contribution in [0.4, 0.5) is 11.8 Å². The summed E-state index contributed by atoms with van der Waals surface area (Å²) in [5, 5.41) is 0. The third kappa shape index (κ3) is 2.19. The first-order chi connectivity index (χ1) is 9.25. The van der Waals surface area contributed by atoms with E-state index in [1.165, 1.54) is 6.07 Å². The van der Waals surface area contributed by atoms with Gasteiger partial charge in [0.25, 0.3) is 5.56 Å². The fraction of sp³-hybridized carbons (Fsp3) is 0.286. The van der Waals surface area contributed by atoms with Crippen LogP contribution in [0.2, 0.25) is 0 Å². The van der Waals surface area contributed by atoms with Gasteiger partial charge in [-0.3, -0.25) is 4.79 Å². The van der Waals surface area contributed by atoms with E-state index in [1.807, 2.05) is 30.3 Å². The number of rotatable bonds is 2. The highest BCUT2D eigenvalue weighted by Gasteiger charge is 2.19. The molecule has 1 saturated heterocycles. The van der Waals surface area contributed by atoms with Gasteiger partial charge in [0, 0.05) is 19.2 Å². The van der Waals surface area contributed by atoms with Crippen molar-refractivity contribution in [3.63, 3.8) is 0 Å². The second-order valence-corrected chi connectivity index (χ2v) is 4.68. The number of nitrogen functional groups attached to an aromatic ring is 1. The Morgan fingerprint density at radius 3 is 2.47 bits per heavy atom. The molecule has 1 aliphatic rings. The van der Waals surface area contributed by atoms with E-state index in [2.05, 4.69) is 9.88 Å². The zero-order valence-corrected chi connectivity index (χ0v) is 10.6. The van der Waals surface area contributed by atoms with E-state index >= 15 is 0 Å². The Morgan fingerprint density at radius 2 is 1.79 bits per heavy atom. The molecule has 2 aromatic rings. The average Bonchev–Trinajstić information content (AvgIpc) is 2.92. The van der Waals surface area contributed by atoms with Gasteiger partial charge in [-0.05, 0) is 25.0 Å². The third-order valence-corrected chi connectivity index (χ3v) is 3.32. The van der Waals surface area contributed by atoms with Gasteiger partial charge < -0.3 is 10.6 Å². The maximum Gasteiger partial charge on any atom is 0.261 e. The van der Waals surface area contributed by atoms with Crippen molar-refractivity contribution in [2.45, 2.75) is 12.8 Å². The SMILES string of the molecule is Nc1cc(=O)n(-c2ccccc2)c(N2CCCC2)n1.